The Hall–Kier alpha value is -2.37. The van der Waals surface area contributed by atoms with Crippen LogP contribution in [0.1, 0.15) is 22.1 Å². The minimum absolute atomic E-state index is 0.369. The van der Waals surface area contributed by atoms with Crippen molar-refractivity contribution >= 4 is 11.7 Å². The fraction of sp³-hybridized carbons (Fsp3) is 0.308. The number of carbonyl (C=O) groups is 1. The normalized spacial score (nSPS) is 10.3. The molecule has 0 radical (unpaired) electrons. The van der Waals surface area contributed by atoms with E-state index in [0.29, 0.717) is 23.8 Å². The maximum atomic E-state index is 11.7. The summed E-state index contributed by atoms with van der Waals surface area (Å²) in [6.07, 6.45) is 0. The lowest BCUT2D eigenvalue weighted by molar-refractivity contribution is 0.0601. The number of anilines is 1. The number of para-hydroxylation sites is 1. The summed E-state index contributed by atoms with van der Waals surface area (Å²) in [4.78, 5) is 17.7. The van der Waals surface area contributed by atoms with Crippen LogP contribution in [0.3, 0.4) is 0 Å². The maximum absolute atomic E-state index is 11.7. The first-order valence-electron chi connectivity index (χ1n) is 5.79. The van der Waals surface area contributed by atoms with Gasteiger partial charge in [0.1, 0.15) is 0 Å². The van der Waals surface area contributed by atoms with E-state index in [1.54, 1.807) is 19.1 Å². The predicted octanol–water partition coefficient (Wildman–Crippen LogP) is 1.80. The highest BCUT2D eigenvalue weighted by Crippen LogP contribution is 2.21. The number of hydrogen-bond acceptors (Lipinski definition) is 6. The minimum atomic E-state index is -0.369. The Morgan fingerprint density at radius 3 is 2.79 bits per heavy atom. The van der Waals surface area contributed by atoms with Crippen molar-refractivity contribution < 1.29 is 14.1 Å². The van der Waals surface area contributed by atoms with E-state index in [-0.39, 0.29) is 5.97 Å². The van der Waals surface area contributed by atoms with Gasteiger partial charge in [0, 0.05) is 14.0 Å². The van der Waals surface area contributed by atoms with Crippen molar-refractivity contribution in [3.8, 4) is 0 Å². The predicted molar refractivity (Wildman–Crippen MR) is 68.9 cm³/mol. The number of ether oxygens (including phenoxy) is 1. The summed E-state index contributed by atoms with van der Waals surface area (Å²) in [6.45, 7) is 2.18. The van der Waals surface area contributed by atoms with Crippen molar-refractivity contribution in [1.29, 1.82) is 0 Å². The average Bonchev–Trinajstić information content (AvgIpc) is 2.83. The molecular formula is C13H15N3O3. The largest absolute Gasteiger partial charge is 0.465 e. The third-order valence-corrected chi connectivity index (χ3v) is 2.67. The van der Waals surface area contributed by atoms with Gasteiger partial charge >= 0.3 is 5.97 Å². The topological polar surface area (TPSA) is 68.5 Å². The molecule has 0 N–H and O–H groups in total. The summed E-state index contributed by atoms with van der Waals surface area (Å²) < 4.78 is 9.69. The van der Waals surface area contributed by atoms with Crippen LogP contribution in [0.25, 0.3) is 0 Å². The molecule has 19 heavy (non-hydrogen) atoms. The highest BCUT2D eigenvalue weighted by molar-refractivity contribution is 5.95. The van der Waals surface area contributed by atoms with E-state index in [0.717, 1.165) is 5.69 Å². The van der Waals surface area contributed by atoms with Crippen LogP contribution in [0.4, 0.5) is 5.69 Å². The number of rotatable bonds is 4. The van der Waals surface area contributed by atoms with Gasteiger partial charge in [-0.3, -0.25) is 0 Å². The maximum Gasteiger partial charge on any atom is 0.339 e. The zero-order valence-corrected chi connectivity index (χ0v) is 11.1. The second-order valence-corrected chi connectivity index (χ2v) is 4.09. The number of nitrogens with zero attached hydrogens (tertiary/aromatic N) is 3. The molecule has 2 aromatic rings. The molecule has 0 amide bonds. The molecule has 6 heteroatoms. The molecule has 0 bridgehead atoms. The molecule has 0 unspecified atom stereocenters. The molecule has 0 aliphatic carbocycles. The number of benzene rings is 1. The first-order chi connectivity index (χ1) is 9.11. The van der Waals surface area contributed by atoms with E-state index in [2.05, 4.69) is 10.1 Å². The molecule has 1 heterocycles. The van der Waals surface area contributed by atoms with Crippen LogP contribution in [0.5, 0.6) is 0 Å². The van der Waals surface area contributed by atoms with E-state index in [1.807, 2.05) is 24.1 Å². The number of aryl methyl sites for hydroxylation is 1. The number of esters is 1. The third kappa shape index (κ3) is 2.90. The van der Waals surface area contributed by atoms with Crippen molar-refractivity contribution in [1.82, 2.24) is 10.1 Å². The standard InChI is InChI=1S/C13H15N3O3/c1-9-14-12(15-19-9)8-16(2)11-7-5-4-6-10(11)13(17)18-3/h4-7H,8H2,1-3H3. The van der Waals surface area contributed by atoms with E-state index in [1.165, 1.54) is 7.11 Å². The summed E-state index contributed by atoms with van der Waals surface area (Å²) in [5.41, 5.74) is 1.27. The fourth-order valence-electron chi connectivity index (χ4n) is 1.79. The van der Waals surface area contributed by atoms with Gasteiger partial charge in [0.25, 0.3) is 0 Å². The van der Waals surface area contributed by atoms with Gasteiger partial charge in [0.2, 0.25) is 5.89 Å². The molecule has 0 atom stereocenters. The fourth-order valence-corrected chi connectivity index (χ4v) is 1.79. The lowest BCUT2D eigenvalue weighted by Crippen LogP contribution is -2.20. The molecule has 6 nitrogen and oxygen atoms in total. The summed E-state index contributed by atoms with van der Waals surface area (Å²) in [5, 5.41) is 3.83. The summed E-state index contributed by atoms with van der Waals surface area (Å²) in [7, 11) is 3.22. The second-order valence-electron chi connectivity index (χ2n) is 4.09. The Balaban J connectivity index is 2.23. The number of aromatic nitrogens is 2. The van der Waals surface area contributed by atoms with E-state index < -0.39 is 0 Å². The third-order valence-electron chi connectivity index (χ3n) is 2.67. The van der Waals surface area contributed by atoms with Crippen LogP contribution in [0.2, 0.25) is 0 Å². The molecule has 2 rings (SSSR count). The summed E-state index contributed by atoms with van der Waals surface area (Å²) in [6, 6.07) is 7.22. The lowest BCUT2D eigenvalue weighted by Gasteiger charge is -2.19. The Kier molecular flexibility index (Phi) is 3.79. The highest BCUT2D eigenvalue weighted by atomic mass is 16.5. The van der Waals surface area contributed by atoms with E-state index in [4.69, 9.17) is 9.26 Å². The van der Waals surface area contributed by atoms with Crippen molar-refractivity contribution in [3.63, 3.8) is 0 Å². The van der Waals surface area contributed by atoms with Crippen LogP contribution in [-0.4, -0.2) is 30.3 Å². The van der Waals surface area contributed by atoms with Crippen LogP contribution in [-0.2, 0) is 11.3 Å². The van der Waals surface area contributed by atoms with Crippen LogP contribution in [0, 0.1) is 6.92 Å². The van der Waals surface area contributed by atoms with Crippen molar-refractivity contribution in [3.05, 3.63) is 41.5 Å². The number of hydrogen-bond donors (Lipinski definition) is 0. The van der Waals surface area contributed by atoms with Crippen molar-refractivity contribution in [2.75, 3.05) is 19.1 Å². The molecule has 1 aromatic carbocycles. The van der Waals surface area contributed by atoms with Crippen LogP contribution < -0.4 is 4.90 Å². The Bertz CT molecular complexity index is 580. The number of methoxy groups -OCH3 is 1. The van der Waals surface area contributed by atoms with E-state index >= 15 is 0 Å². The van der Waals surface area contributed by atoms with Gasteiger partial charge < -0.3 is 14.2 Å². The van der Waals surface area contributed by atoms with Gasteiger partial charge in [0.05, 0.1) is 24.9 Å². The summed E-state index contributed by atoms with van der Waals surface area (Å²) in [5.74, 6) is 0.719. The molecule has 0 aliphatic heterocycles. The first-order valence-corrected chi connectivity index (χ1v) is 5.79. The minimum Gasteiger partial charge on any atom is -0.465 e. The van der Waals surface area contributed by atoms with Gasteiger partial charge in [-0.25, -0.2) is 4.79 Å². The molecular weight excluding hydrogens is 246 g/mol. The SMILES string of the molecule is COC(=O)c1ccccc1N(C)Cc1noc(C)n1. The number of carbonyl (C=O) groups excluding carboxylic acids is 1. The lowest BCUT2D eigenvalue weighted by atomic mass is 10.1. The Morgan fingerprint density at radius 2 is 2.16 bits per heavy atom. The summed E-state index contributed by atoms with van der Waals surface area (Å²) >= 11 is 0. The smallest absolute Gasteiger partial charge is 0.339 e. The van der Waals surface area contributed by atoms with Crippen LogP contribution in [0.15, 0.2) is 28.8 Å². The Labute approximate surface area is 111 Å². The molecule has 0 saturated carbocycles. The molecule has 0 aliphatic rings. The van der Waals surface area contributed by atoms with Gasteiger partial charge in [-0.05, 0) is 12.1 Å². The monoisotopic (exact) mass is 261 g/mol. The van der Waals surface area contributed by atoms with Gasteiger partial charge in [-0.2, -0.15) is 4.98 Å². The second kappa shape index (κ2) is 5.51. The molecule has 0 fully saturated rings. The van der Waals surface area contributed by atoms with Crippen molar-refractivity contribution in [2.45, 2.75) is 13.5 Å². The van der Waals surface area contributed by atoms with Gasteiger partial charge in [-0.1, -0.05) is 17.3 Å². The van der Waals surface area contributed by atoms with Gasteiger partial charge in [-0.15, -0.1) is 0 Å². The zero-order chi connectivity index (χ0) is 13.8. The van der Waals surface area contributed by atoms with E-state index in [9.17, 15) is 4.79 Å². The average molecular weight is 261 g/mol. The molecule has 0 spiro atoms. The zero-order valence-electron chi connectivity index (χ0n) is 11.1. The first kappa shape index (κ1) is 13.1. The molecule has 1 aromatic heterocycles. The Morgan fingerprint density at radius 1 is 1.42 bits per heavy atom. The highest BCUT2D eigenvalue weighted by Gasteiger charge is 2.15. The van der Waals surface area contributed by atoms with Crippen LogP contribution >= 0.6 is 0 Å². The van der Waals surface area contributed by atoms with Gasteiger partial charge in [0.15, 0.2) is 5.82 Å². The quantitative estimate of drug-likeness (QED) is 0.782. The molecule has 0 saturated heterocycles. The van der Waals surface area contributed by atoms with Crippen molar-refractivity contribution in [2.24, 2.45) is 0 Å². The molecule has 100 valence electrons.